The van der Waals surface area contributed by atoms with Crippen molar-refractivity contribution in [2.75, 3.05) is 26.2 Å². The van der Waals surface area contributed by atoms with Gasteiger partial charge in [0.15, 0.2) is 0 Å². The molecule has 3 atom stereocenters. The Hall–Kier alpha value is -0.650. The van der Waals surface area contributed by atoms with E-state index >= 15 is 0 Å². The molecule has 21 heavy (non-hydrogen) atoms. The molecule has 0 spiro atoms. The quantitative estimate of drug-likeness (QED) is 0.751. The number of nitrogens with one attached hydrogen (secondary N) is 1. The SMILES string of the molecule is CCCNC(C)(CCN1CCOC2CCCCC21)C(=O)O. The Labute approximate surface area is 128 Å². The fourth-order valence-corrected chi connectivity index (χ4v) is 3.49. The topological polar surface area (TPSA) is 61.8 Å². The lowest BCUT2D eigenvalue weighted by Crippen LogP contribution is -2.56. The average Bonchev–Trinajstić information content (AvgIpc) is 2.50. The summed E-state index contributed by atoms with van der Waals surface area (Å²) in [6.07, 6.45) is 6.84. The molecule has 0 radical (unpaired) electrons. The van der Waals surface area contributed by atoms with Gasteiger partial charge in [0.25, 0.3) is 0 Å². The molecule has 3 unspecified atom stereocenters. The molecular formula is C16H30N2O3. The lowest BCUT2D eigenvalue weighted by molar-refractivity contribution is -0.145. The molecular weight excluding hydrogens is 268 g/mol. The van der Waals surface area contributed by atoms with Crippen LogP contribution in [-0.2, 0) is 9.53 Å². The van der Waals surface area contributed by atoms with E-state index in [1.165, 1.54) is 19.3 Å². The van der Waals surface area contributed by atoms with E-state index in [4.69, 9.17) is 4.74 Å². The second-order valence-corrected chi connectivity index (χ2v) is 6.61. The third-order valence-corrected chi connectivity index (χ3v) is 4.98. The Kier molecular flexibility index (Phi) is 6.02. The first kappa shape index (κ1) is 16.7. The number of hydrogen-bond acceptors (Lipinski definition) is 4. The van der Waals surface area contributed by atoms with Crippen LogP contribution in [0.25, 0.3) is 0 Å². The van der Waals surface area contributed by atoms with Gasteiger partial charge < -0.3 is 15.2 Å². The van der Waals surface area contributed by atoms with E-state index in [0.29, 0.717) is 18.6 Å². The second kappa shape index (κ2) is 7.56. The molecule has 5 nitrogen and oxygen atoms in total. The van der Waals surface area contributed by atoms with E-state index in [0.717, 1.165) is 39.1 Å². The zero-order chi connectivity index (χ0) is 15.3. The molecule has 5 heteroatoms. The van der Waals surface area contributed by atoms with E-state index in [1.54, 1.807) is 0 Å². The first-order valence-corrected chi connectivity index (χ1v) is 8.41. The molecule has 0 aromatic rings. The zero-order valence-electron chi connectivity index (χ0n) is 13.4. The first-order valence-electron chi connectivity index (χ1n) is 8.41. The molecule has 1 heterocycles. The molecule has 1 aliphatic carbocycles. The Morgan fingerprint density at radius 1 is 1.43 bits per heavy atom. The monoisotopic (exact) mass is 298 g/mol. The van der Waals surface area contributed by atoms with Crippen LogP contribution in [0.4, 0.5) is 0 Å². The third-order valence-electron chi connectivity index (χ3n) is 4.98. The number of morpholine rings is 1. The van der Waals surface area contributed by atoms with Gasteiger partial charge in [0.05, 0.1) is 12.7 Å². The summed E-state index contributed by atoms with van der Waals surface area (Å²) < 4.78 is 5.88. The molecule has 2 fully saturated rings. The second-order valence-electron chi connectivity index (χ2n) is 6.61. The van der Waals surface area contributed by atoms with Gasteiger partial charge in [-0.1, -0.05) is 19.8 Å². The van der Waals surface area contributed by atoms with E-state index in [2.05, 4.69) is 17.1 Å². The van der Waals surface area contributed by atoms with Gasteiger partial charge in [-0.15, -0.1) is 0 Å². The number of carboxylic acid groups (broad SMARTS) is 1. The number of nitrogens with zero attached hydrogens (tertiary/aromatic N) is 1. The van der Waals surface area contributed by atoms with Crippen LogP contribution in [-0.4, -0.2) is 59.9 Å². The molecule has 1 saturated heterocycles. The highest BCUT2D eigenvalue weighted by molar-refractivity contribution is 5.78. The van der Waals surface area contributed by atoms with Gasteiger partial charge in [-0.2, -0.15) is 0 Å². The van der Waals surface area contributed by atoms with Crippen molar-refractivity contribution in [1.82, 2.24) is 10.2 Å². The minimum atomic E-state index is -0.821. The van der Waals surface area contributed by atoms with E-state index in [1.807, 2.05) is 6.92 Å². The van der Waals surface area contributed by atoms with Crippen LogP contribution in [0.3, 0.4) is 0 Å². The number of rotatable bonds is 7. The molecule has 0 bridgehead atoms. The highest BCUT2D eigenvalue weighted by Gasteiger charge is 2.37. The van der Waals surface area contributed by atoms with Gasteiger partial charge in [0, 0.05) is 19.1 Å². The van der Waals surface area contributed by atoms with Crippen molar-refractivity contribution in [2.45, 2.75) is 70.1 Å². The Balaban J connectivity index is 1.91. The lowest BCUT2D eigenvalue weighted by atomic mass is 9.89. The number of carboxylic acids is 1. The van der Waals surface area contributed by atoms with Crippen molar-refractivity contribution in [1.29, 1.82) is 0 Å². The fourth-order valence-electron chi connectivity index (χ4n) is 3.49. The van der Waals surface area contributed by atoms with E-state index < -0.39 is 11.5 Å². The van der Waals surface area contributed by atoms with Gasteiger partial charge in [-0.25, -0.2) is 0 Å². The highest BCUT2D eigenvalue weighted by atomic mass is 16.5. The van der Waals surface area contributed by atoms with Crippen LogP contribution < -0.4 is 5.32 Å². The van der Waals surface area contributed by atoms with Gasteiger partial charge in [0.1, 0.15) is 5.54 Å². The molecule has 122 valence electrons. The maximum absolute atomic E-state index is 11.6. The largest absolute Gasteiger partial charge is 0.480 e. The van der Waals surface area contributed by atoms with Crippen LogP contribution in [0.1, 0.15) is 52.4 Å². The van der Waals surface area contributed by atoms with Crippen LogP contribution in [0.2, 0.25) is 0 Å². The molecule has 2 N–H and O–H groups in total. The normalized spacial score (nSPS) is 29.6. The predicted molar refractivity (Wildman–Crippen MR) is 82.5 cm³/mol. The molecule has 2 rings (SSSR count). The van der Waals surface area contributed by atoms with Crippen molar-refractivity contribution in [3.05, 3.63) is 0 Å². The van der Waals surface area contributed by atoms with Gasteiger partial charge in [-0.05, 0) is 39.2 Å². The summed E-state index contributed by atoms with van der Waals surface area (Å²) in [7, 11) is 0. The average molecular weight is 298 g/mol. The Bertz CT molecular complexity index is 348. The summed E-state index contributed by atoms with van der Waals surface area (Å²) in [4.78, 5) is 14.0. The Morgan fingerprint density at radius 3 is 2.90 bits per heavy atom. The summed E-state index contributed by atoms with van der Waals surface area (Å²) in [5.74, 6) is -0.746. The third kappa shape index (κ3) is 4.18. The molecule has 0 aromatic carbocycles. The lowest BCUT2D eigenvalue weighted by Gasteiger charge is -2.44. The minimum Gasteiger partial charge on any atom is -0.480 e. The van der Waals surface area contributed by atoms with Gasteiger partial charge in [0.2, 0.25) is 0 Å². The smallest absolute Gasteiger partial charge is 0.323 e. The van der Waals surface area contributed by atoms with E-state index in [9.17, 15) is 9.90 Å². The maximum atomic E-state index is 11.6. The molecule has 2 aliphatic rings. The zero-order valence-corrected chi connectivity index (χ0v) is 13.4. The predicted octanol–water partition coefficient (Wildman–Crippen LogP) is 1.86. The molecule has 1 saturated carbocycles. The van der Waals surface area contributed by atoms with Crippen molar-refractivity contribution >= 4 is 5.97 Å². The van der Waals surface area contributed by atoms with Crippen LogP contribution in [0.5, 0.6) is 0 Å². The summed E-state index contributed by atoms with van der Waals surface area (Å²) in [6, 6.07) is 0.497. The fraction of sp³-hybridized carbons (Fsp3) is 0.938. The molecule has 0 aromatic heterocycles. The van der Waals surface area contributed by atoms with Crippen molar-refractivity contribution < 1.29 is 14.6 Å². The number of ether oxygens (including phenoxy) is 1. The number of carbonyl (C=O) groups is 1. The summed E-state index contributed by atoms with van der Waals surface area (Å²) >= 11 is 0. The van der Waals surface area contributed by atoms with Crippen molar-refractivity contribution in [3.63, 3.8) is 0 Å². The maximum Gasteiger partial charge on any atom is 0.323 e. The summed E-state index contributed by atoms with van der Waals surface area (Å²) in [5, 5.41) is 12.7. The van der Waals surface area contributed by atoms with Crippen molar-refractivity contribution in [3.8, 4) is 0 Å². The first-order chi connectivity index (χ1) is 10.1. The molecule has 0 amide bonds. The minimum absolute atomic E-state index is 0.368. The molecule has 1 aliphatic heterocycles. The summed E-state index contributed by atoms with van der Waals surface area (Å²) in [5.41, 5.74) is -0.821. The number of fused-ring (bicyclic) bond motifs is 1. The van der Waals surface area contributed by atoms with Crippen LogP contribution >= 0.6 is 0 Å². The number of hydrogen-bond donors (Lipinski definition) is 2. The Morgan fingerprint density at radius 2 is 2.19 bits per heavy atom. The van der Waals surface area contributed by atoms with Gasteiger partial charge >= 0.3 is 5.97 Å². The standard InChI is InChI=1S/C16H30N2O3/c1-3-9-17-16(2,15(19)20)8-10-18-11-12-21-14-7-5-4-6-13(14)18/h13-14,17H,3-12H2,1-2H3,(H,19,20). The van der Waals surface area contributed by atoms with Crippen LogP contribution in [0.15, 0.2) is 0 Å². The van der Waals surface area contributed by atoms with E-state index in [-0.39, 0.29) is 0 Å². The van der Waals surface area contributed by atoms with Crippen molar-refractivity contribution in [2.24, 2.45) is 0 Å². The highest BCUT2D eigenvalue weighted by Crippen LogP contribution is 2.29. The van der Waals surface area contributed by atoms with Crippen LogP contribution in [0, 0.1) is 0 Å². The van der Waals surface area contributed by atoms with Gasteiger partial charge in [-0.3, -0.25) is 9.69 Å². The summed E-state index contributed by atoms with van der Waals surface area (Å²) in [6.45, 7) is 7.17. The number of aliphatic carboxylic acids is 1.